The number of rotatable bonds is 3. The molecule has 2 heterocycles. The number of hydrogen-bond donors (Lipinski definition) is 1. The minimum Gasteiger partial charge on any atom is -0.461 e. The van der Waals surface area contributed by atoms with Crippen LogP contribution in [0.4, 0.5) is 0 Å². The van der Waals surface area contributed by atoms with Gasteiger partial charge in [-0.25, -0.2) is 0 Å². The molecule has 1 aromatic heterocycles. The molecule has 1 aliphatic heterocycles. The number of ether oxygens (including phenoxy) is 1. The molecule has 2 aromatic rings. The van der Waals surface area contributed by atoms with E-state index in [0.717, 1.165) is 11.3 Å². The minimum atomic E-state index is -0.873. The number of allylic oxidation sites excluding steroid dienone is 1. The molecule has 0 unspecified atom stereocenters. The summed E-state index contributed by atoms with van der Waals surface area (Å²) in [6, 6.07) is 12.5. The topological polar surface area (TPSA) is 65.2 Å². The number of hydrogen-bond acceptors (Lipinski definition) is 4. The molecule has 152 valence electrons. The Hall–Kier alpha value is -2.46. The highest BCUT2D eigenvalue weighted by Gasteiger charge is 2.60. The summed E-state index contributed by atoms with van der Waals surface area (Å²) in [6.07, 6.45) is 6.72. The average molecular weight is 391 g/mol. The number of aromatic nitrogens is 1. The predicted molar refractivity (Wildman–Crippen MR) is 116 cm³/mol. The number of esters is 1. The molecule has 1 aliphatic carbocycles. The van der Waals surface area contributed by atoms with E-state index in [1.165, 1.54) is 11.1 Å². The molecule has 2 N–H and O–H groups in total. The fourth-order valence-electron chi connectivity index (χ4n) is 5.27. The van der Waals surface area contributed by atoms with Crippen LogP contribution in [0.3, 0.4) is 0 Å². The molecular formula is C25H30N2O2. The first kappa shape index (κ1) is 19.8. The molecular weight excluding hydrogens is 360 g/mol. The van der Waals surface area contributed by atoms with Crippen molar-refractivity contribution in [3.63, 3.8) is 0 Å². The number of fused-ring (bicyclic) bond motifs is 1. The lowest BCUT2D eigenvalue weighted by atomic mass is 9.59. The number of nitrogens with zero attached hydrogens (tertiary/aromatic N) is 1. The molecule has 0 bridgehead atoms. The fraction of sp³-hybridized carbons (Fsp3) is 0.440. The van der Waals surface area contributed by atoms with Crippen LogP contribution in [0.2, 0.25) is 0 Å². The van der Waals surface area contributed by atoms with Crippen LogP contribution in [-0.2, 0) is 9.53 Å². The highest BCUT2D eigenvalue weighted by atomic mass is 16.6. The lowest BCUT2D eigenvalue weighted by Gasteiger charge is -2.45. The summed E-state index contributed by atoms with van der Waals surface area (Å²) in [5.41, 5.74) is 10.2. The van der Waals surface area contributed by atoms with Gasteiger partial charge < -0.3 is 10.5 Å². The van der Waals surface area contributed by atoms with E-state index in [4.69, 9.17) is 10.5 Å². The van der Waals surface area contributed by atoms with Gasteiger partial charge in [0.05, 0.1) is 5.69 Å². The molecule has 0 spiro atoms. The van der Waals surface area contributed by atoms with Gasteiger partial charge in [-0.3, -0.25) is 9.78 Å². The van der Waals surface area contributed by atoms with E-state index in [0.29, 0.717) is 18.3 Å². The number of carbonyl (C=O) groups is 1. The molecule has 1 saturated carbocycles. The Bertz CT molecular complexity index is 936. The number of nitrogens with two attached hydrogens (primary N) is 1. The molecule has 2 aliphatic rings. The van der Waals surface area contributed by atoms with Gasteiger partial charge in [0.15, 0.2) is 0 Å². The van der Waals surface area contributed by atoms with Crippen LogP contribution in [0.25, 0.3) is 17.2 Å². The summed E-state index contributed by atoms with van der Waals surface area (Å²) in [5, 5.41) is 0. The smallest absolute Gasteiger partial charge is 0.326 e. The van der Waals surface area contributed by atoms with Crippen LogP contribution in [0.1, 0.15) is 38.4 Å². The van der Waals surface area contributed by atoms with E-state index in [9.17, 15) is 4.79 Å². The van der Waals surface area contributed by atoms with Crippen LogP contribution >= 0.6 is 0 Å². The summed E-state index contributed by atoms with van der Waals surface area (Å²) >= 11 is 0. The van der Waals surface area contributed by atoms with Gasteiger partial charge in [0.1, 0.15) is 11.6 Å². The first-order valence-corrected chi connectivity index (χ1v) is 10.5. The van der Waals surface area contributed by atoms with Crippen LogP contribution in [0, 0.1) is 30.6 Å². The van der Waals surface area contributed by atoms with Crippen molar-refractivity contribution in [2.75, 3.05) is 0 Å². The van der Waals surface area contributed by atoms with Crippen molar-refractivity contribution in [2.45, 2.75) is 45.8 Å². The molecule has 4 nitrogen and oxygen atoms in total. The summed E-state index contributed by atoms with van der Waals surface area (Å²) < 4.78 is 5.55. The maximum Gasteiger partial charge on any atom is 0.326 e. The second kappa shape index (κ2) is 7.42. The van der Waals surface area contributed by atoms with Crippen LogP contribution in [0.15, 0.2) is 48.7 Å². The van der Waals surface area contributed by atoms with Gasteiger partial charge in [-0.2, -0.15) is 0 Å². The van der Waals surface area contributed by atoms with Crippen molar-refractivity contribution in [3.8, 4) is 11.1 Å². The van der Waals surface area contributed by atoms with E-state index < -0.39 is 5.54 Å². The third-order valence-corrected chi connectivity index (χ3v) is 7.08. The largest absolute Gasteiger partial charge is 0.461 e. The lowest BCUT2D eigenvalue weighted by Crippen LogP contribution is -2.58. The SMILES string of the molecule is Cc1ccccc1-c1ccc(/C=C/[C@H]2[C@H](C)[C@@H](C)C[C@@]3(N)C(=O)O[C@H](C)[C@@H]23)nc1. The minimum absolute atomic E-state index is 0.00342. The molecule has 0 radical (unpaired) electrons. The Morgan fingerprint density at radius 3 is 2.62 bits per heavy atom. The molecule has 6 atom stereocenters. The van der Waals surface area contributed by atoms with Gasteiger partial charge in [0, 0.05) is 17.7 Å². The van der Waals surface area contributed by atoms with Crippen molar-refractivity contribution < 1.29 is 9.53 Å². The Kier molecular flexibility index (Phi) is 5.07. The van der Waals surface area contributed by atoms with Gasteiger partial charge in [-0.1, -0.05) is 50.3 Å². The van der Waals surface area contributed by atoms with E-state index in [-0.39, 0.29) is 23.9 Å². The first-order valence-electron chi connectivity index (χ1n) is 10.5. The summed E-state index contributed by atoms with van der Waals surface area (Å²) in [5.74, 6) is 0.732. The summed E-state index contributed by atoms with van der Waals surface area (Å²) in [6.45, 7) is 8.52. The average Bonchev–Trinajstić information content (AvgIpc) is 2.92. The number of cyclic esters (lactones) is 1. The lowest BCUT2D eigenvalue weighted by molar-refractivity contribution is -0.145. The van der Waals surface area contributed by atoms with Crippen LogP contribution in [-0.4, -0.2) is 22.6 Å². The number of carbonyl (C=O) groups excluding carboxylic acids is 1. The Morgan fingerprint density at radius 2 is 1.93 bits per heavy atom. The molecule has 2 fully saturated rings. The molecule has 1 saturated heterocycles. The van der Waals surface area contributed by atoms with Crippen molar-refractivity contribution in [2.24, 2.45) is 29.4 Å². The van der Waals surface area contributed by atoms with E-state index in [1.807, 2.05) is 31.3 Å². The van der Waals surface area contributed by atoms with Crippen LogP contribution in [0.5, 0.6) is 0 Å². The zero-order valence-corrected chi connectivity index (χ0v) is 17.6. The van der Waals surface area contributed by atoms with Crippen LogP contribution < -0.4 is 5.73 Å². The molecule has 4 rings (SSSR count). The fourth-order valence-corrected chi connectivity index (χ4v) is 5.27. The third kappa shape index (κ3) is 3.40. The molecule has 1 aromatic carbocycles. The highest BCUT2D eigenvalue weighted by molar-refractivity contribution is 5.84. The summed E-state index contributed by atoms with van der Waals surface area (Å²) in [7, 11) is 0. The Morgan fingerprint density at radius 1 is 1.17 bits per heavy atom. The molecule has 29 heavy (non-hydrogen) atoms. The van der Waals surface area contributed by atoms with Crippen molar-refractivity contribution in [3.05, 3.63) is 59.9 Å². The molecule has 0 amide bonds. The van der Waals surface area contributed by atoms with Gasteiger partial charge >= 0.3 is 5.97 Å². The Labute approximate surface area is 173 Å². The quantitative estimate of drug-likeness (QED) is 0.777. The van der Waals surface area contributed by atoms with Crippen molar-refractivity contribution in [1.29, 1.82) is 0 Å². The van der Waals surface area contributed by atoms with Crippen molar-refractivity contribution in [1.82, 2.24) is 4.98 Å². The van der Waals surface area contributed by atoms with E-state index in [2.05, 4.69) is 56.1 Å². The van der Waals surface area contributed by atoms with Gasteiger partial charge in [-0.15, -0.1) is 0 Å². The predicted octanol–water partition coefficient (Wildman–Crippen LogP) is 4.62. The number of pyridine rings is 1. The van der Waals surface area contributed by atoms with E-state index in [1.54, 1.807) is 0 Å². The monoisotopic (exact) mass is 390 g/mol. The standard InChI is InChI=1S/C25H30N2O2/c1-15-7-5-6-8-21(15)19-9-10-20(27-14-19)11-12-22-17(3)16(2)13-25(26)23(22)18(4)29-24(25)28/h5-12,14,16-18,22-23H,13,26H2,1-4H3/b12-11+/t16-,17+,18+,22-,23-,25-/m0/s1. The zero-order valence-electron chi connectivity index (χ0n) is 17.6. The number of aryl methyl sites for hydroxylation is 1. The molecule has 4 heteroatoms. The number of benzene rings is 1. The highest BCUT2D eigenvalue weighted by Crippen LogP contribution is 2.50. The van der Waals surface area contributed by atoms with Gasteiger partial charge in [-0.05, 0) is 61.3 Å². The second-order valence-electron chi connectivity index (χ2n) is 8.94. The Balaban J connectivity index is 1.59. The first-order chi connectivity index (χ1) is 13.8. The summed E-state index contributed by atoms with van der Waals surface area (Å²) in [4.78, 5) is 17.1. The maximum absolute atomic E-state index is 12.4. The maximum atomic E-state index is 12.4. The van der Waals surface area contributed by atoms with E-state index >= 15 is 0 Å². The van der Waals surface area contributed by atoms with Gasteiger partial charge in [0.2, 0.25) is 0 Å². The van der Waals surface area contributed by atoms with Crippen molar-refractivity contribution >= 4 is 12.0 Å². The zero-order chi connectivity index (χ0) is 20.8. The third-order valence-electron chi connectivity index (χ3n) is 7.08. The normalized spacial score (nSPS) is 34.2. The second-order valence-corrected chi connectivity index (χ2v) is 8.94. The van der Waals surface area contributed by atoms with Gasteiger partial charge in [0.25, 0.3) is 0 Å².